The number of methoxy groups -OCH3 is 1. The van der Waals surface area contributed by atoms with Gasteiger partial charge in [-0.05, 0) is 48.1 Å². The second-order valence-electron chi connectivity index (χ2n) is 9.69. The van der Waals surface area contributed by atoms with Crippen LogP contribution in [-0.2, 0) is 19.9 Å². The van der Waals surface area contributed by atoms with Crippen molar-refractivity contribution in [1.82, 2.24) is 10.2 Å². The fraction of sp³-hybridized carbons (Fsp3) is 0.462. The van der Waals surface area contributed by atoms with Gasteiger partial charge in [-0.1, -0.05) is 24.3 Å². The highest BCUT2D eigenvalue weighted by Crippen LogP contribution is 2.50. The number of rotatable bonds is 5. The van der Waals surface area contributed by atoms with Crippen molar-refractivity contribution in [1.29, 1.82) is 0 Å². The van der Waals surface area contributed by atoms with Crippen molar-refractivity contribution in [2.45, 2.75) is 43.3 Å². The Labute approximate surface area is 219 Å². The standard InChI is InChI=1S/C26H25F7N2O4/c1-38-24(25(28,29)30,17-4-8-19(9-5-17)39-26(31,32)33)22(37)35-12-10-23(11-13-35)14-21(36)34-15-20(23)16-2-6-18(27)7-3-16/h2-9,20H,10-15H2,1H3,(H,34,36)/t20-,24-/m0/s1. The lowest BCUT2D eigenvalue weighted by Gasteiger charge is -2.50. The molecule has 2 amide bonds. The zero-order valence-electron chi connectivity index (χ0n) is 20.7. The molecule has 0 aromatic heterocycles. The smallest absolute Gasteiger partial charge is 0.406 e. The summed E-state index contributed by atoms with van der Waals surface area (Å²) in [5.74, 6) is -3.09. The third kappa shape index (κ3) is 5.54. The Bertz CT molecular complexity index is 1190. The Balaban J connectivity index is 1.60. The minimum atomic E-state index is -5.26. The maximum absolute atomic E-state index is 14.5. The number of nitrogens with one attached hydrogen (secondary N) is 1. The molecule has 2 fully saturated rings. The highest BCUT2D eigenvalue weighted by atomic mass is 19.4. The lowest BCUT2D eigenvalue weighted by molar-refractivity contribution is -0.275. The molecule has 2 aliphatic heterocycles. The maximum atomic E-state index is 14.5. The van der Waals surface area contributed by atoms with Crippen LogP contribution in [0.25, 0.3) is 0 Å². The predicted molar refractivity (Wildman–Crippen MR) is 123 cm³/mol. The summed E-state index contributed by atoms with van der Waals surface area (Å²) in [7, 11) is 0.701. The SMILES string of the molecule is CO[C@](C(=O)N1CCC2(CC1)CC(=O)NC[C@H]2c1ccc(F)cc1)(c1ccc(OC(F)(F)F)cc1)C(F)(F)F. The molecule has 2 aromatic carbocycles. The number of carbonyl (C=O) groups excluding carboxylic acids is 2. The number of piperidine rings is 2. The van der Waals surface area contributed by atoms with Crippen LogP contribution in [0.1, 0.15) is 36.3 Å². The van der Waals surface area contributed by atoms with Crippen molar-refractivity contribution in [2.24, 2.45) is 5.41 Å². The number of ether oxygens (including phenoxy) is 2. The summed E-state index contributed by atoms with van der Waals surface area (Å²) in [5.41, 5.74) is -4.09. The first-order valence-corrected chi connectivity index (χ1v) is 12.0. The van der Waals surface area contributed by atoms with E-state index in [1.165, 1.54) is 12.1 Å². The van der Waals surface area contributed by atoms with Crippen LogP contribution in [0.5, 0.6) is 5.75 Å². The molecule has 1 N–H and O–H groups in total. The van der Waals surface area contributed by atoms with E-state index in [4.69, 9.17) is 4.74 Å². The molecule has 0 unspecified atom stereocenters. The van der Waals surface area contributed by atoms with Crippen LogP contribution in [0.3, 0.4) is 0 Å². The molecule has 0 radical (unpaired) electrons. The molecule has 0 saturated carbocycles. The molecule has 0 aliphatic carbocycles. The Morgan fingerprint density at radius 2 is 1.56 bits per heavy atom. The van der Waals surface area contributed by atoms with Gasteiger partial charge in [0.25, 0.3) is 11.5 Å². The number of carbonyl (C=O) groups is 2. The Morgan fingerprint density at radius 3 is 2.08 bits per heavy atom. The third-order valence-electron chi connectivity index (χ3n) is 7.57. The van der Waals surface area contributed by atoms with Crippen LogP contribution in [0.2, 0.25) is 0 Å². The van der Waals surface area contributed by atoms with Crippen molar-refractivity contribution >= 4 is 11.8 Å². The third-order valence-corrected chi connectivity index (χ3v) is 7.57. The van der Waals surface area contributed by atoms with Gasteiger partial charge in [0, 0.05) is 44.6 Å². The first kappa shape index (κ1) is 28.7. The molecule has 2 aromatic rings. The first-order valence-electron chi connectivity index (χ1n) is 12.0. The van der Waals surface area contributed by atoms with Crippen LogP contribution in [0.4, 0.5) is 30.7 Å². The van der Waals surface area contributed by atoms with Gasteiger partial charge >= 0.3 is 12.5 Å². The molecule has 2 heterocycles. The van der Waals surface area contributed by atoms with Gasteiger partial charge in [0.1, 0.15) is 11.6 Å². The van der Waals surface area contributed by atoms with E-state index >= 15 is 0 Å². The van der Waals surface area contributed by atoms with Crippen molar-refractivity contribution < 1.29 is 49.8 Å². The monoisotopic (exact) mass is 562 g/mol. The van der Waals surface area contributed by atoms with Gasteiger partial charge < -0.3 is 19.7 Å². The fourth-order valence-electron chi connectivity index (χ4n) is 5.63. The molecule has 2 aliphatic rings. The van der Waals surface area contributed by atoms with E-state index in [9.17, 15) is 40.3 Å². The highest BCUT2D eigenvalue weighted by molar-refractivity contribution is 5.88. The molecule has 212 valence electrons. The minimum Gasteiger partial charge on any atom is -0.406 e. The molecule has 6 nitrogen and oxygen atoms in total. The van der Waals surface area contributed by atoms with Crippen LogP contribution >= 0.6 is 0 Å². The van der Waals surface area contributed by atoms with E-state index in [-0.39, 0.29) is 50.7 Å². The summed E-state index contributed by atoms with van der Waals surface area (Å²) in [5, 5.41) is 2.78. The Kier molecular flexibility index (Phi) is 7.58. The van der Waals surface area contributed by atoms with E-state index in [0.717, 1.165) is 10.5 Å². The molecule has 1 spiro atoms. The first-order chi connectivity index (χ1) is 18.2. The van der Waals surface area contributed by atoms with Crippen LogP contribution in [-0.4, -0.2) is 56.0 Å². The predicted octanol–water partition coefficient (Wildman–Crippen LogP) is 5.04. The topological polar surface area (TPSA) is 67.9 Å². The largest absolute Gasteiger partial charge is 0.573 e. The van der Waals surface area contributed by atoms with Crippen LogP contribution in [0.15, 0.2) is 48.5 Å². The highest BCUT2D eigenvalue weighted by Gasteiger charge is 2.64. The summed E-state index contributed by atoms with van der Waals surface area (Å²) in [6.07, 6.45) is -9.83. The number of benzene rings is 2. The number of alkyl halides is 6. The normalized spacial score (nSPS) is 21.3. The van der Waals surface area contributed by atoms with Gasteiger partial charge in [-0.15, -0.1) is 13.2 Å². The second kappa shape index (κ2) is 10.3. The molecule has 2 saturated heterocycles. The number of nitrogens with zero attached hydrogens (tertiary/aromatic N) is 1. The molecule has 39 heavy (non-hydrogen) atoms. The second-order valence-corrected chi connectivity index (χ2v) is 9.69. The zero-order valence-corrected chi connectivity index (χ0v) is 20.7. The Hall–Kier alpha value is -3.35. The fourth-order valence-corrected chi connectivity index (χ4v) is 5.63. The summed E-state index contributed by atoms with van der Waals surface area (Å²) in [4.78, 5) is 26.8. The van der Waals surface area contributed by atoms with E-state index < -0.39 is 46.6 Å². The number of hydrogen-bond donors (Lipinski definition) is 1. The number of amides is 2. The number of likely N-dealkylation sites (tertiary alicyclic amines) is 1. The van der Waals surface area contributed by atoms with Gasteiger partial charge in [0.15, 0.2) is 0 Å². The van der Waals surface area contributed by atoms with Crippen molar-refractivity contribution in [3.63, 3.8) is 0 Å². The van der Waals surface area contributed by atoms with Crippen LogP contribution < -0.4 is 10.1 Å². The Morgan fingerprint density at radius 1 is 0.974 bits per heavy atom. The van der Waals surface area contributed by atoms with Gasteiger partial charge in [0.05, 0.1) is 0 Å². The molecule has 13 heteroatoms. The van der Waals surface area contributed by atoms with E-state index in [1.807, 2.05) is 0 Å². The average Bonchev–Trinajstić information content (AvgIpc) is 2.85. The summed E-state index contributed by atoms with van der Waals surface area (Å²) < 4.78 is 103. The lowest BCUT2D eigenvalue weighted by Crippen LogP contribution is -2.60. The van der Waals surface area contributed by atoms with Crippen molar-refractivity contribution in [2.75, 3.05) is 26.7 Å². The average molecular weight is 562 g/mol. The van der Waals surface area contributed by atoms with Gasteiger partial charge in [-0.25, -0.2) is 4.39 Å². The summed E-state index contributed by atoms with van der Waals surface area (Å²) in [6.45, 7) is 0.00977. The summed E-state index contributed by atoms with van der Waals surface area (Å²) in [6, 6.07) is 8.54. The molecular formula is C26H25F7N2O4. The summed E-state index contributed by atoms with van der Waals surface area (Å²) >= 11 is 0. The molecule has 4 rings (SSSR count). The van der Waals surface area contributed by atoms with Gasteiger partial charge in [0.2, 0.25) is 5.91 Å². The number of halogens is 7. The van der Waals surface area contributed by atoms with Crippen molar-refractivity contribution in [3.8, 4) is 5.75 Å². The van der Waals surface area contributed by atoms with E-state index in [0.29, 0.717) is 31.4 Å². The zero-order chi connectivity index (χ0) is 28.6. The molecular weight excluding hydrogens is 537 g/mol. The van der Waals surface area contributed by atoms with Gasteiger partial charge in [-0.2, -0.15) is 13.2 Å². The van der Waals surface area contributed by atoms with E-state index in [1.54, 1.807) is 12.1 Å². The minimum absolute atomic E-state index is 0.0897. The van der Waals surface area contributed by atoms with Gasteiger partial charge in [-0.3, -0.25) is 9.59 Å². The van der Waals surface area contributed by atoms with Crippen molar-refractivity contribution in [3.05, 3.63) is 65.5 Å². The maximum Gasteiger partial charge on any atom is 0.573 e. The molecule has 0 bridgehead atoms. The quantitative estimate of drug-likeness (QED) is 0.519. The molecule has 2 atom stereocenters. The van der Waals surface area contributed by atoms with E-state index in [2.05, 4.69) is 10.1 Å². The van der Waals surface area contributed by atoms with Crippen LogP contribution in [0, 0.1) is 11.2 Å². The lowest BCUT2D eigenvalue weighted by atomic mass is 9.62. The number of hydrogen-bond acceptors (Lipinski definition) is 4.